The van der Waals surface area contributed by atoms with E-state index in [-0.39, 0.29) is 5.91 Å². The molecule has 1 aliphatic heterocycles. The highest BCUT2D eigenvalue weighted by Gasteiger charge is 2.31. The van der Waals surface area contributed by atoms with Crippen LogP contribution in [-0.2, 0) is 0 Å². The molecule has 2 heterocycles. The highest BCUT2D eigenvalue weighted by molar-refractivity contribution is 9.10. The molecule has 0 aliphatic carbocycles. The van der Waals surface area contributed by atoms with Crippen LogP contribution in [0.3, 0.4) is 0 Å². The summed E-state index contributed by atoms with van der Waals surface area (Å²) >= 11 is 9.00. The molecule has 15 heavy (non-hydrogen) atoms. The van der Waals surface area contributed by atoms with E-state index in [1.807, 2.05) is 6.07 Å². The topological polar surface area (TPSA) is 33.2 Å². The molecule has 2 rings (SSSR count). The Labute approximate surface area is 102 Å². The molecule has 5 heteroatoms. The van der Waals surface area contributed by atoms with Crippen molar-refractivity contribution in [3.05, 3.63) is 28.5 Å². The third-order valence-corrected chi connectivity index (χ3v) is 3.50. The number of carbonyl (C=O) groups excluding carboxylic acids is 1. The lowest BCUT2D eigenvalue weighted by Gasteiger charge is -2.38. The van der Waals surface area contributed by atoms with E-state index in [0.717, 1.165) is 17.6 Å². The number of hydrogen-bond donors (Lipinski definition) is 0. The SMILES string of the molecule is O=C(c1ncccc1Br)N1CC(CCl)C1. The second-order valence-corrected chi connectivity index (χ2v) is 4.73. The Morgan fingerprint density at radius 3 is 3.00 bits per heavy atom. The molecule has 0 N–H and O–H groups in total. The lowest BCUT2D eigenvalue weighted by atomic mass is 10.0. The number of halogens is 2. The van der Waals surface area contributed by atoms with Crippen molar-refractivity contribution in [1.82, 2.24) is 9.88 Å². The molecule has 0 bridgehead atoms. The number of carbonyl (C=O) groups is 1. The lowest BCUT2D eigenvalue weighted by molar-refractivity contribution is 0.0528. The van der Waals surface area contributed by atoms with E-state index in [2.05, 4.69) is 20.9 Å². The van der Waals surface area contributed by atoms with Crippen LogP contribution < -0.4 is 0 Å². The molecule has 1 aromatic rings. The van der Waals surface area contributed by atoms with Crippen LogP contribution in [0.5, 0.6) is 0 Å². The summed E-state index contributed by atoms with van der Waals surface area (Å²) in [5.41, 5.74) is 0.477. The molecule has 0 unspecified atom stereocenters. The van der Waals surface area contributed by atoms with Gasteiger partial charge >= 0.3 is 0 Å². The number of pyridine rings is 1. The first-order valence-electron chi connectivity index (χ1n) is 4.68. The van der Waals surface area contributed by atoms with Crippen LogP contribution in [-0.4, -0.2) is 34.8 Å². The highest BCUT2D eigenvalue weighted by atomic mass is 79.9. The largest absolute Gasteiger partial charge is 0.336 e. The van der Waals surface area contributed by atoms with Crippen molar-refractivity contribution >= 4 is 33.4 Å². The molecule has 0 radical (unpaired) electrons. The number of likely N-dealkylation sites (tertiary alicyclic amines) is 1. The van der Waals surface area contributed by atoms with Crippen LogP contribution in [0.25, 0.3) is 0 Å². The van der Waals surface area contributed by atoms with Crippen LogP contribution in [0.2, 0.25) is 0 Å². The lowest BCUT2D eigenvalue weighted by Crippen LogP contribution is -2.50. The summed E-state index contributed by atoms with van der Waals surface area (Å²) in [4.78, 5) is 17.7. The molecule has 1 fully saturated rings. The van der Waals surface area contributed by atoms with Crippen LogP contribution in [0.1, 0.15) is 10.5 Å². The van der Waals surface area contributed by atoms with E-state index in [1.54, 1.807) is 17.2 Å². The predicted molar refractivity (Wildman–Crippen MR) is 62.1 cm³/mol. The standard InChI is InChI=1S/C10H10BrClN2O/c11-8-2-1-3-13-9(8)10(15)14-5-7(4-12)6-14/h1-3,7H,4-6H2. The van der Waals surface area contributed by atoms with E-state index in [4.69, 9.17) is 11.6 Å². The van der Waals surface area contributed by atoms with Gasteiger partial charge in [-0.15, -0.1) is 11.6 Å². The maximum atomic E-state index is 11.9. The Kier molecular flexibility index (Phi) is 3.26. The van der Waals surface area contributed by atoms with Gasteiger partial charge in [0.05, 0.1) is 0 Å². The summed E-state index contributed by atoms with van der Waals surface area (Å²) in [6.07, 6.45) is 1.62. The number of alkyl halides is 1. The Balaban J connectivity index is 2.07. The van der Waals surface area contributed by atoms with Gasteiger partial charge < -0.3 is 4.90 Å². The van der Waals surface area contributed by atoms with Gasteiger partial charge in [-0.1, -0.05) is 0 Å². The molecule has 0 aromatic carbocycles. The Morgan fingerprint density at radius 1 is 1.67 bits per heavy atom. The van der Waals surface area contributed by atoms with Crippen LogP contribution >= 0.6 is 27.5 Å². The predicted octanol–water partition coefficient (Wildman–Crippen LogP) is 2.15. The fourth-order valence-corrected chi connectivity index (χ4v) is 2.15. The van der Waals surface area contributed by atoms with Gasteiger partial charge in [0.2, 0.25) is 0 Å². The molecule has 3 nitrogen and oxygen atoms in total. The maximum absolute atomic E-state index is 11.9. The van der Waals surface area contributed by atoms with Gasteiger partial charge in [-0.3, -0.25) is 4.79 Å². The van der Waals surface area contributed by atoms with Gasteiger partial charge in [-0.05, 0) is 28.1 Å². The molecule has 1 aromatic heterocycles. The van der Waals surface area contributed by atoms with Crippen molar-refractivity contribution in [3.8, 4) is 0 Å². The molecule has 1 aliphatic rings. The molecular formula is C10H10BrClN2O. The average molecular weight is 290 g/mol. The normalized spacial score (nSPS) is 16.3. The Bertz CT molecular complexity index is 379. The monoisotopic (exact) mass is 288 g/mol. The first-order valence-corrected chi connectivity index (χ1v) is 6.01. The van der Waals surface area contributed by atoms with Crippen LogP contribution in [0.15, 0.2) is 22.8 Å². The second-order valence-electron chi connectivity index (χ2n) is 3.56. The van der Waals surface area contributed by atoms with E-state index >= 15 is 0 Å². The first kappa shape index (κ1) is 10.9. The summed E-state index contributed by atoms with van der Waals surface area (Å²) < 4.78 is 0.740. The molecule has 0 atom stereocenters. The number of amides is 1. The first-order chi connectivity index (χ1) is 7.22. The Hall–Kier alpha value is -0.610. The molecule has 1 amide bonds. The van der Waals surface area contributed by atoms with Crippen molar-refractivity contribution in [2.75, 3.05) is 19.0 Å². The molecule has 0 saturated carbocycles. The minimum absolute atomic E-state index is 0.0242. The van der Waals surface area contributed by atoms with Gasteiger partial charge in [0.15, 0.2) is 0 Å². The van der Waals surface area contributed by atoms with Crippen LogP contribution in [0.4, 0.5) is 0 Å². The van der Waals surface area contributed by atoms with E-state index in [0.29, 0.717) is 17.5 Å². The van der Waals surface area contributed by atoms with Crippen molar-refractivity contribution < 1.29 is 4.79 Å². The second kappa shape index (κ2) is 4.49. The van der Waals surface area contributed by atoms with E-state index in [1.165, 1.54) is 0 Å². The zero-order chi connectivity index (χ0) is 10.8. The average Bonchev–Trinajstić information content (AvgIpc) is 2.16. The summed E-state index contributed by atoms with van der Waals surface area (Å²) in [6.45, 7) is 1.48. The van der Waals surface area contributed by atoms with Crippen molar-refractivity contribution in [1.29, 1.82) is 0 Å². The molecule has 80 valence electrons. The third-order valence-electron chi connectivity index (χ3n) is 2.42. The molecular weight excluding hydrogens is 279 g/mol. The van der Waals surface area contributed by atoms with E-state index in [9.17, 15) is 4.79 Å². The van der Waals surface area contributed by atoms with Gasteiger partial charge in [0.1, 0.15) is 5.69 Å². The number of aromatic nitrogens is 1. The van der Waals surface area contributed by atoms with Gasteiger partial charge in [0, 0.05) is 35.6 Å². The molecule has 0 spiro atoms. The number of nitrogens with zero attached hydrogens (tertiary/aromatic N) is 2. The minimum Gasteiger partial charge on any atom is -0.336 e. The minimum atomic E-state index is -0.0242. The smallest absolute Gasteiger partial charge is 0.273 e. The summed E-state index contributed by atoms with van der Waals surface area (Å²) in [5, 5.41) is 0. The zero-order valence-electron chi connectivity index (χ0n) is 7.99. The fraction of sp³-hybridized carbons (Fsp3) is 0.400. The quantitative estimate of drug-likeness (QED) is 0.782. The summed E-state index contributed by atoms with van der Waals surface area (Å²) in [7, 11) is 0. The maximum Gasteiger partial charge on any atom is 0.273 e. The van der Waals surface area contributed by atoms with Crippen molar-refractivity contribution in [3.63, 3.8) is 0 Å². The number of hydrogen-bond acceptors (Lipinski definition) is 2. The molecule has 1 saturated heterocycles. The van der Waals surface area contributed by atoms with Crippen molar-refractivity contribution in [2.45, 2.75) is 0 Å². The van der Waals surface area contributed by atoms with Gasteiger partial charge in [-0.2, -0.15) is 0 Å². The summed E-state index contributed by atoms with van der Waals surface area (Å²) in [5.74, 6) is 1.04. The van der Waals surface area contributed by atoms with Gasteiger partial charge in [0.25, 0.3) is 5.91 Å². The zero-order valence-corrected chi connectivity index (χ0v) is 10.3. The van der Waals surface area contributed by atoms with Gasteiger partial charge in [-0.25, -0.2) is 4.98 Å². The summed E-state index contributed by atoms with van der Waals surface area (Å²) in [6, 6.07) is 3.61. The highest BCUT2D eigenvalue weighted by Crippen LogP contribution is 2.22. The van der Waals surface area contributed by atoms with Crippen molar-refractivity contribution in [2.24, 2.45) is 5.92 Å². The Morgan fingerprint density at radius 2 is 2.40 bits per heavy atom. The third kappa shape index (κ3) is 2.16. The van der Waals surface area contributed by atoms with E-state index < -0.39 is 0 Å². The van der Waals surface area contributed by atoms with Crippen LogP contribution in [0, 0.1) is 5.92 Å². The fourth-order valence-electron chi connectivity index (χ4n) is 1.53. The number of rotatable bonds is 2.